The second-order valence-electron chi connectivity index (χ2n) is 6.72. The average Bonchev–Trinajstić information content (AvgIpc) is 3.30. The topological polar surface area (TPSA) is 118 Å². The molecule has 2 heterocycles. The Kier molecular flexibility index (Phi) is 7.39. The van der Waals surface area contributed by atoms with Gasteiger partial charge in [-0.15, -0.1) is 0 Å². The maximum Gasteiger partial charge on any atom is 0.263 e. The first-order chi connectivity index (χ1) is 16.4. The lowest BCUT2D eigenvalue weighted by Gasteiger charge is -2.16. The third-order valence-corrected chi connectivity index (χ3v) is 6.76. The van der Waals surface area contributed by atoms with Crippen LogP contribution in [0.25, 0.3) is 0 Å². The van der Waals surface area contributed by atoms with Gasteiger partial charge in [0, 0.05) is 17.9 Å². The van der Waals surface area contributed by atoms with Crippen molar-refractivity contribution in [3.63, 3.8) is 0 Å². The largest absolute Gasteiger partial charge is 0.497 e. The molecule has 34 heavy (non-hydrogen) atoms. The zero-order valence-electron chi connectivity index (χ0n) is 18.1. The van der Waals surface area contributed by atoms with Gasteiger partial charge in [0.2, 0.25) is 12.5 Å². The highest BCUT2D eigenvalue weighted by Crippen LogP contribution is 2.41. The van der Waals surface area contributed by atoms with E-state index in [-0.39, 0.29) is 39.9 Å². The van der Waals surface area contributed by atoms with Crippen molar-refractivity contribution in [2.45, 2.75) is 4.90 Å². The van der Waals surface area contributed by atoms with Crippen LogP contribution in [-0.2, 0) is 10.0 Å². The van der Waals surface area contributed by atoms with Crippen LogP contribution in [0.5, 0.6) is 34.6 Å². The maximum atomic E-state index is 13.1. The molecule has 0 unspecified atom stereocenters. The van der Waals surface area contributed by atoms with Gasteiger partial charge in [0.05, 0.1) is 23.6 Å². The summed E-state index contributed by atoms with van der Waals surface area (Å²) in [7, 11) is -2.59. The number of fused-ring (bicyclic) bond motifs is 1. The number of ether oxygens (including phenoxy) is 5. The summed E-state index contributed by atoms with van der Waals surface area (Å²) in [5, 5.41) is 0.268. The van der Waals surface area contributed by atoms with Crippen LogP contribution < -0.4 is 28.4 Å². The van der Waals surface area contributed by atoms with Crippen LogP contribution in [0.15, 0.2) is 47.6 Å². The third-order valence-electron chi connectivity index (χ3n) is 4.53. The molecule has 2 aromatic carbocycles. The van der Waals surface area contributed by atoms with Gasteiger partial charge in [-0.3, -0.25) is 4.72 Å². The van der Waals surface area contributed by atoms with Crippen LogP contribution in [0, 0.1) is 0 Å². The van der Waals surface area contributed by atoms with Crippen LogP contribution >= 0.6 is 23.4 Å². The molecule has 0 radical (unpaired) electrons. The monoisotopic (exact) mass is 525 g/mol. The number of rotatable bonds is 10. The highest BCUT2D eigenvalue weighted by Gasteiger charge is 2.25. The molecule has 3 aromatic rings. The van der Waals surface area contributed by atoms with E-state index < -0.39 is 10.0 Å². The van der Waals surface area contributed by atoms with Crippen LogP contribution in [0.1, 0.15) is 0 Å². The van der Waals surface area contributed by atoms with Crippen LogP contribution in [0.2, 0.25) is 5.02 Å². The quantitative estimate of drug-likeness (QED) is 0.386. The predicted octanol–water partition coefficient (Wildman–Crippen LogP) is 4.20. The minimum absolute atomic E-state index is 0.0220. The molecular formula is C21H20ClN3O7S2. The van der Waals surface area contributed by atoms with Crippen LogP contribution in [-0.4, -0.2) is 50.9 Å². The van der Waals surface area contributed by atoms with E-state index in [0.29, 0.717) is 29.6 Å². The lowest BCUT2D eigenvalue weighted by atomic mass is 10.3. The molecule has 0 amide bonds. The third kappa shape index (κ3) is 5.34. The minimum Gasteiger partial charge on any atom is -0.497 e. The standard InChI is InChI=1S/C21H20ClN3O7S2/c1-28-13-3-5-15(22)17(9-13)32-19-20(23-11-24-21(19)29-7-8-33-2)25-34(26,27)14-4-6-16-18(10-14)31-12-30-16/h3-6,9-11H,7-8,12H2,1-2H3,(H,23,24,25). The van der Waals surface area contributed by atoms with Crippen LogP contribution in [0.4, 0.5) is 5.82 Å². The van der Waals surface area contributed by atoms with Crippen molar-refractivity contribution in [2.75, 3.05) is 37.2 Å². The highest BCUT2D eigenvalue weighted by molar-refractivity contribution is 7.98. The number of benzene rings is 2. The van der Waals surface area contributed by atoms with E-state index in [1.807, 2.05) is 6.26 Å². The molecule has 180 valence electrons. The molecule has 0 aliphatic carbocycles. The van der Waals surface area contributed by atoms with Crippen molar-refractivity contribution < 1.29 is 32.1 Å². The molecule has 4 rings (SSSR count). The lowest BCUT2D eigenvalue weighted by Crippen LogP contribution is -2.15. The molecule has 10 nitrogen and oxygen atoms in total. The van der Waals surface area contributed by atoms with Gasteiger partial charge >= 0.3 is 0 Å². The number of hydrogen-bond acceptors (Lipinski definition) is 10. The summed E-state index contributed by atoms with van der Waals surface area (Å²) in [6.07, 6.45) is 3.10. The number of halogens is 1. The molecule has 0 bridgehead atoms. The maximum absolute atomic E-state index is 13.1. The molecule has 1 aliphatic rings. The van der Waals surface area contributed by atoms with Crippen molar-refractivity contribution >= 4 is 39.2 Å². The summed E-state index contributed by atoms with van der Waals surface area (Å²) < 4.78 is 56.1. The number of aromatic nitrogens is 2. The number of anilines is 1. The predicted molar refractivity (Wildman–Crippen MR) is 127 cm³/mol. The molecule has 1 aliphatic heterocycles. The van der Waals surface area contributed by atoms with Gasteiger partial charge in [-0.05, 0) is 30.5 Å². The van der Waals surface area contributed by atoms with Crippen molar-refractivity contribution in [1.82, 2.24) is 9.97 Å². The number of hydrogen-bond donors (Lipinski definition) is 1. The number of nitrogens with zero attached hydrogens (tertiary/aromatic N) is 2. The Morgan fingerprint density at radius 3 is 2.76 bits per heavy atom. The first-order valence-corrected chi connectivity index (χ1v) is 13.1. The minimum atomic E-state index is -4.09. The van der Waals surface area contributed by atoms with Crippen molar-refractivity contribution in [3.8, 4) is 34.6 Å². The Morgan fingerprint density at radius 1 is 1.15 bits per heavy atom. The molecule has 0 atom stereocenters. The summed E-state index contributed by atoms with van der Waals surface area (Å²) in [6, 6.07) is 9.08. The Hall–Kier alpha value is -3.09. The SMILES string of the molecule is COc1ccc(Cl)c(Oc2c(NS(=O)(=O)c3ccc4c(c3)OCO4)ncnc2OCCSC)c1. The van der Waals surface area contributed by atoms with Gasteiger partial charge < -0.3 is 23.7 Å². The lowest BCUT2D eigenvalue weighted by molar-refractivity contribution is 0.174. The number of thioether (sulfide) groups is 1. The first kappa shape index (κ1) is 24.0. The smallest absolute Gasteiger partial charge is 0.263 e. The zero-order chi connectivity index (χ0) is 24.1. The second-order valence-corrected chi connectivity index (χ2v) is 9.79. The summed E-state index contributed by atoms with van der Waals surface area (Å²) in [5.41, 5.74) is 0. The first-order valence-electron chi connectivity index (χ1n) is 9.82. The van der Waals surface area contributed by atoms with Gasteiger partial charge in [-0.2, -0.15) is 16.7 Å². The van der Waals surface area contributed by atoms with Gasteiger partial charge in [0.25, 0.3) is 15.9 Å². The molecule has 0 saturated carbocycles. The van der Waals surface area contributed by atoms with E-state index in [2.05, 4.69) is 14.7 Å². The van der Waals surface area contributed by atoms with Gasteiger partial charge in [-0.25, -0.2) is 13.4 Å². The fraction of sp³-hybridized carbons (Fsp3) is 0.238. The average molecular weight is 526 g/mol. The van der Waals surface area contributed by atoms with Crippen molar-refractivity contribution in [3.05, 3.63) is 47.7 Å². The number of methoxy groups -OCH3 is 1. The number of nitrogens with one attached hydrogen (secondary N) is 1. The fourth-order valence-electron chi connectivity index (χ4n) is 2.88. The normalized spacial score (nSPS) is 12.3. The Labute approximate surface area is 205 Å². The van der Waals surface area contributed by atoms with Crippen LogP contribution in [0.3, 0.4) is 0 Å². The Morgan fingerprint density at radius 2 is 1.97 bits per heavy atom. The molecule has 0 saturated heterocycles. The molecule has 1 aromatic heterocycles. The molecule has 0 fully saturated rings. The van der Waals surface area contributed by atoms with Crippen molar-refractivity contribution in [2.24, 2.45) is 0 Å². The second kappa shape index (κ2) is 10.5. The Balaban J connectivity index is 1.71. The summed E-state index contributed by atoms with van der Waals surface area (Å²) in [6.45, 7) is 0.336. The summed E-state index contributed by atoms with van der Waals surface area (Å²) in [5.74, 6) is 2.02. The Bertz CT molecular complexity index is 1290. The highest BCUT2D eigenvalue weighted by atomic mass is 35.5. The summed E-state index contributed by atoms with van der Waals surface area (Å²) >= 11 is 7.87. The van der Waals surface area contributed by atoms with Gasteiger partial charge in [0.15, 0.2) is 17.3 Å². The van der Waals surface area contributed by atoms with Crippen molar-refractivity contribution in [1.29, 1.82) is 0 Å². The van der Waals surface area contributed by atoms with E-state index in [1.54, 1.807) is 30.0 Å². The fourth-order valence-corrected chi connectivity index (χ4v) is 4.31. The van der Waals surface area contributed by atoms with E-state index in [0.717, 1.165) is 0 Å². The zero-order valence-corrected chi connectivity index (χ0v) is 20.5. The summed E-state index contributed by atoms with van der Waals surface area (Å²) in [4.78, 5) is 8.14. The van der Waals surface area contributed by atoms with E-state index in [9.17, 15) is 8.42 Å². The molecule has 0 spiro atoms. The van der Waals surface area contributed by atoms with Gasteiger partial charge in [-0.1, -0.05) is 11.6 Å². The van der Waals surface area contributed by atoms with E-state index in [1.165, 1.54) is 31.6 Å². The molecule has 1 N–H and O–H groups in total. The van der Waals surface area contributed by atoms with E-state index >= 15 is 0 Å². The van der Waals surface area contributed by atoms with E-state index in [4.69, 9.17) is 35.3 Å². The molecule has 13 heteroatoms. The van der Waals surface area contributed by atoms with Gasteiger partial charge in [0.1, 0.15) is 17.8 Å². The molecular weight excluding hydrogens is 506 g/mol. The number of sulfonamides is 1.